The minimum Gasteiger partial charge on any atom is -0.462 e. The number of ether oxygens (including phenoxy) is 2. The summed E-state index contributed by atoms with van der Waals surface area (Å²) in [7, 11) is 1.45. The smallest absolute Gasteiger partial charge is 0.462 e. The SMILES string of the molecule is CC/C=C\C/C=C\C/C=C\C/C=C\C/C=C\C/C=C\C/C=C\C/C=C\C/C=C\CCCCCCCC(=O)OC(COC(=O)CCCCCCCCCCCCC)COP(=O)(O)OCC[N+](C)(C)C. The molecule has 0 aromatic carbocycles. The predicted octanol–water partition coefficient (Wildman–Crippen LogP) is 16.2. The molecule has 68 heavy (non-hydrogen) atoms. The quantitative estimate of drug-likeness (QED) is 0.0211. The van der Waals surface area contributed by atoms with Gasteiger partial charge in [-0.3, -0.25) is 18.6 Å². The van der Waals surface area contributed by atoms with Crippen LogP contribution in [0.15, 0.2) is 109 Å². The zero-order chi connectivity index (χ0) is 49.9. The number of hydrogen-bond donors (Lipinski definition) is 1. The number of likely N-dealkylation sites (N-methyl/N-ethyl adjacent to an activating group) is 1. The third-order valence-corrected chi connectivity index (χ3v) is 11.8. The normalized spacial score (nSPS) is 14.3. The van der Waals surface area contributed by atoms with Gasteiger partial charge in [-0.1, -0.05) is 207 Å². The highest BCUT2D eigenvalue weighted by Crippen LogP contribution is 2.43. The molecule has 9 nitrogen and oxygen atoms in total. The molecule has 0 fully saturated rings. The van der Waals surface area contributed by atoms with Gasteiger partial charge < -0.3 is 18.9 Å². The van der Waals surface area contributed by atoms with Crippen molar-refractivity contribution in [1.29, 1.82) is 0 Å². The molecule has 2 unspecified atom stereocenters. The zero-order valence-electron chi connectivity index (χ0n) is 43.8. The Hall–Kier alpha value is -3.33. The maximum Gasteiger partial charge on any atom is 0.472 e. The molecular weight excluding hydrogens is 870 g/mol. The first-order chi connectivity index (χ1) is 33.0. The van der Waals surface area contributed by atoms with E-state index in [1.807, 2.05) is 21.1 Å². The Labute approximate surface area is 416 Å². The first kappa shape index (κ1) is 64.7. The third kappa shape index (κ3) is 52.0. The molecule has 0 spiro atoms. The van der Waals surface area contributed by atoms with Crippen LogP contribution in [0.2, 0.25) is 0 Å². The van der Waals surface area contributed by atoms with Gasteiger partial charge in [0.05, 0.1) is 27.7 Å². The molecule has 0 amide bonds. The summed E-state index contributed by atoms with van der Waals surface area (Å²) in [5.74, 6) is -0.828. The average molecular weight is 969 g/mol. The molecule has 10 heteroatoms. The maximum absolute atomic E-state index is 12.7. The Kier molecular flexibility index (Phi) is 46.3. The summed E-state index contributed by atoms with van der Waals surface area (Å²) in [4.78, 5) is 35.5. The van der Waals surface area contributed by atoms with Crippen molar-refractivity contribution >= 4 is 19.8 Å². The van der Waals surface area contributed by atoms with Crippen LogP contribution in [0.1, 0.15) is 194 Å². The fourth-order valence-electron chi connectivity index (χ4n) is 6.71. The van der Waals surface area contributed by atoms with E-state index in [9.17, 15) is 19.0 Å². The van der Waals surface area contributed by atoms with Crippen molar-refractivity contribution in [2.24, 2.45) is 0 Å². The summed E-state index contributed by atoms with van der Waals surface area (Å²) >= 11 is 0. The molecule has 0 heterocycles. The summed E-state index contributed by atoms with van der Waals surface area (Å²) < 4.78 is 34.4. The number of phosphoric acid groups is 1. The number of carbonyl (C=O) groups is 2. The van der Waals surface area contributed by atoms with E-state index in [1.165, 1.54) is 51.4 Å². The maximum atomic E-state index is 12.7. The van der Waals surface area contributed by atoms with Crippen LogP contribution in [0.3, 0.4) is 0 Å². The lowest BCUT2D eigenvalue weighted by molar-refractivity contribution is -0.870. The fourth-order valence-corrected chi connectivity index (χ4v) is 7.45. The van der Waals surface area contributed by atoms with Crippen molar-refractivity contribution in [2.75, 3.05) is 47.5 Å². The van der Waals surface area contributed by atoms with Gasteiger partial charge in [0, 0.05) is 12.8 Å². The molecule has 2 atom stereocenters. The fraction of sp³-hybridized carbons (Fsp3) is 0.655. The lowest BCUT2D eigenvalue weighted by atomic mass is 10.1. The molecule has 0 aliphatic carbocycles. The number of unbranched alkanes of at least 4 members (excludes halogenated alkanes) is 15. The van der Waals surface area contributed by atoms with Crippen LogP contribution in [0, 0.1) is 0 Å². The number of hydrogen-bond acceptors (Lipinski definition) is 7. The van der Waals surface area contributed by atoms with E-state index in [0.717, 1.165) is 109 Å². The van der Waals surface area contributed by atoms with Gasteiger partial charge in [0.15, 0.2) is 6.10 Å². The Balaban J connectivity index is 4.22. The summed E-state index contributed by atoms with van der Waals surface area (Å²) in [6.07, 6.45) is 67.3. The first-order valence-electron chi connectivity index (χ1n) is 26.6. The van der Waals surface area contributed by atoms with E-state index >= 15 is 0 Å². The second-order valence-electron chi connectivity index (χ2n) is 18.5. The lowest BCUT2D eigenvalue weighted by Crippen LogP contribution is -2.37. The van der Waals surface area contributed by atoms with Crippen molar-refractivity contribution in [3.63, 3.8) is 0 Å². The van der Waals surface area contributed by atoms with E-state index in [-0.39, 0.29) is 32.0 Å². The first-order valence-corrected chi connectivity index (χ1v) is 28.1. The van der Waals surface area contributed by atoms with E-state index in [2.05, 4.69) is 123 Å². The number of carbonyl (C=O) groups excluding carboxylic acids is 2. The van der Waals surface area contributed by atoms with Crippen molar-refractivity contribution in [2.45, 2.75) is 200 Å². The van der Waals surface area contributed by atoms with E-state index in [0.29, 0.717) is 17.4 Å². The highest BCUT2D eigenvalue weighted by molar-refractivity contribution is 7.47. The Morgan fingerprint density at radius 3 is 1.25 bits per heavy atom. The molecule has 0 aliphatic rings. The largest absolute Gasteiger partial charge is 0.472 e. The zero-order valence-corrected chi connectivity index (χ0v) is 44.7. The van der Waals surface area contributed by atoms with Crippen LogP contribution in [0.4, 0.5) is 0 Å². The molecule has 0 radical (unpaired) electrons. The molecule has 1 N–H and O–H groups in total. The molecular formula is C58H99NO8P+. The third-order valence-electron chi connectivity index (χ3n) is 10.8. The van der Waals surface area contributed by atoms with E-state index < -0.39 is 26.5 Å². The number of esters is 2. The van der Waals surface area contributed by atoms with Gasteiger partial charge in [-0.15, -0.1) is 0 Å². The summed E-state index contributed by atoms with van der Waals surface area (Å²) in [6.45, 7) is 4.26. The Morgan fingerprint density at radius 2 is 0.838 bits per heavy atom. The standard InChI is InChI=1S/C58H98NO8P/c1-6-8-10-12-14-16-18-19-20-21-22-23-24-25-26-27-28-29-30-31-32-33-34-35-36-37-38-39-41-43-45-47-49-51-58(61)67-56(55-66-68(62,63)65-53-52-59(3,4)5)54-64-57(60)50-48-46-44-42-40-17-15-13-11-9-7-2/h8,10,14,16,19-20,22-23,25-26,28-29,31-32,34-35,37-38,56H,6-7,9,11-13,15,17-18,21,24,27,30,33,36,39-55H2,1-5H3/p+1/b10-8-,16-14-,20-19-,23-22-,26-25-,29-28-,32-31-,35-34-,38-37-. The molecule has 0 rings (SSSR count). The predicted molar refractivity (Wildman–Crippen MR) is 288 cm³/mol. The Morgan fingerprint density at radius 1 is 0.471 bits per heavy atom. The second-order valence-corrected chi connectivity index (χ2v) is 20.0. The van der Waals surface area contributed by atoms with Gasteiger partial charge in [-0.25, -0.2) is 4.57 Å². The molecule has 388 valence electrons. The van der Waals surface area contributed by atoms with Gasteiger partial charge in [0.2, 0.25) is 0 Å². The Bertz CT molecular complexity index is 1520. The minimum absolute atomic E-state index is 0.0229. The summed E-state index contributed by atoms with van der Waals surface area (Å²) in [5, 5.41) is 0. The highest BCUT2D eigenvalue weighted by atomic mass is 31.2. The molecule has 0 bridgehead atoms. The minimum atomic E-state index is -4.39. The number of rotatable bonds is 47. The van der Waals surface area contributed by atoms with Crippen LogP contribution in [0.5, 0.6) is 0 Å². The van der Waals surface area contributed by atoms with Crippen LogP contribution in [-0.2, 0) is 32.7 Å². The van der Waals surface area contributed by atoms with Gasteiger partial charge in [0.1, 0.15) is 19.8 Å². The van der Waals surface area contributed by atoms with Gasteiger partial charge in [0.25, 0.3) is 0 Å². The summed E-state index contributed by atoms with van der Waals surface area (Å²) in [5.41, 5.74) is 0. The van der Waals surface area contributed by atoms with Gasteiger partial charge in [-0.2, -0.15) is 0 Å². The molecule has 0 aromatic rings. The molecule has 0 saturated heterocycles. The second kappa shape index (κ2) is 48.7. The monoisotopic (exact) mass is 969 g/mol. The molecule has 0 aromatic heterocycles. The highest BCUT2D eigenvalue weighted by Gasteiger charge is 2.27. The number of phosphoric ester groups is 1. The van der Waals surface area contributed by atoms with Crippen molar-refractivity contribution < 1.29 is 42.1 Å². The number of nitrogens with zero attached hydrogens (tertiary/aromatic N) is 1. The average Bonchev–Trinajstić information content (AvgIpc) is 3.30. The number of quaternary nitrogens is 1. The van der Waals surface area contributed by atoms with Crippen LogP contribution in [-0.4, -0.2) is 74.9 Å². The van der Waals surface area contributed by atoms with Crippen LogP contribution in [0.25, 0.3) is 0 Å². The molecule has 0 aliphatic heterocycles. The lowest BCUT2D eigenvalue weighted by Gasteiger charge is -2.24. The van der Waals surface area contributed by atoms with Gasteiger partial charge in [-0.05, 0) is 83.5 Å². The van der Waals surface area contributed by atoms with Crippen molar-refractivity contribution in [1.82, 2.24) is 0 Å². The van der Waals surface area contributed by atoms with Gasteiger partial charge >= 0.3 is 19.8 Å². The topological polar surface area (TPSA) is 108 Å². The van der Waals surface area contributed by atoms with Crippen LogP contribution < -0.4 is 0 Å². The number of allylic oxidation sites excluding steroid dienone is 18. The van der Waals surface area contributed by atoms with E-state index in [4.69, 9.17) is 18.5 Å². The van der Waals surface area contributed by atoms with E-state index in [1.54, 1.807) is 0 Å². The molecule has 0 saturated carbocycles. The van der Waals surface area contributed by atoms with Crippen molar-refractivity contribution in [3.8, 4) is 0 Å². The van der Waals surface area contributed by atoms with Crippen molar-refractivity contribution in [3.05, 3.63) is 109 Å². The van der Waals surface area contributed by atoms with Crippen LogP contribution >= 0.6 is 7.82 Å². The summed E-state index contributed by atoms with van der Waals surface area (Å²) in [6, 6.07) is 0.